The molecular formula is C19H20ClF3N2O4S. The number of sulfonamides is 1. The van der Waals surface area contributed by atoms with E-state index in [1.807, 2.05) is 30.3 Å². The number of alkyl halides is 3. The molecule has 0 aliphatic heterocycles. The summed E-state index contributed by atoms with van der Waals surface area (Å²) >= 11 is 5.57. The van der Waals surface area contributed by atoms with E-state index in [1.54, 1.807) is 0 Å². The lowest BCUT2D eigenvalue weighted by atomic mass is 10.2. The molecule has 1 amide bonds. The van der Waals surface area contributed by atoms with Crippen LogP contribution in [0.5, 0.6) is 0 Å². The van der Waals surface area contributed by atoms with E-state index in [0.29, 0.717) is 17.0 Å². The lowest BCUT2D eigenvalue weighted by molar-refractivity contribution is -0.137. The predicted molar refractivity (Wildman–Crippen MR) is 108 cm³/mol. The fourth-order valence-corrected chi connectivity index (χ4v) is 3.57. The number of nitrogens with one attached hydrogen (secondary N) is 1. The van der Waals surface area contributed by atoms with E-state index in [2.05, 4.69) is 5.32 Å². The second-order valence-corrected chi connectivity index (χ2v) is 8.63. The van der Waals surface area contributed by atoms with Crippen molar-refractivity contribution in [1.29, 1.82) is 0 Å². The summed E-state index contributed by atoms with van der Waals surface area (Å²) in [6.45, 7) is -0.0516. The van der Waals surface area contributed by atoms with Crippen LogP contribution in [0.4, 0.5) is 18.9 Å². The predicted octanol–water partition coefficient (Wildman–Crippen LogP) is 3.46. The summed E-state index contributed by atoms with van der Waals surface area (Å²) < 4.78 is 69.3. The minimum atomic E-state index is -4.77. The molecule has 0 aromatic heterocycles. The SMILES string of the molecule is CS(=O)(=O)N(CC(=O)NCCOCc1ccccc1)c1ccc(Cl)c(C(F)(F)F)c1. The van der Waals surface area contributed by atoms with Gasteiger partial charge in [-0.1, -0.05) is 41.9 Å². The molecule has 0 heterocycles. The zero-order chi connectivity index (χ0) is 22.4. The van der Waals surface area contributed by atoms with Gasteiger partial charge in [-0.2, -0.15) is 13.2 Å². The zero-order valence-corrected chi connectivity index (χ0v) is 17.5. The second-order valence-electron chi connectivity index (χ2n) is 6.32. The van der Waals surface area contributed by atoms with Crippen LogP contribution in [0.3, 0.4) is 0 Å². The smallest absolute Gasteiger partial charge is 0.375 e. The van der Waals surface area contributed by atoms with Gasteiger partial charge in [0.05, 0.1) is 35.7 Å². The van der Waals surface area contributed by atoms with Crippen molar-refractivity contribution < 1.29 is 31.1 Å². The summed E-state index contributed by atoms with van der Waals surface area (Å²) in [5, 5.41) is 1.91. The molecule has 0 spiro atoms. The maximum absolute atomic E-state index is 13.1. The van der Waals surface area contributed by atoms with Crippen molar-refractivity contribution in [3.05, 3.63) is 64.7 Å². The molecular weight excluding hydrogens is 445 g/mol. The van der Waals surface area contributed by atoms with Crippen LogP contribution in [0.15, 0.2) is 48.5 Å². The van der Waals surface area contributed by atoms with Crippen LogP contribution >= 0.6 is 11.6 Å². The summed E-state index contributed by atoms with van der Waals surface area (Å²) in [6, 6.07) is 12.0. The quantitative estimate of drug-likeness (QED) is 0.577. The minimum absolute atomic E-state index is 0.109. The highest BCUT2D eigenvalue weighted by Crippen LogP contribution is 2.37. The minimum Gasteiger partial charge on any atom is -0.375 e. The summed E-state index contributed by atoms with van der Waals surface area (Å²) in [6.07, 6.45) is -3.97. The number of amides is 1. The maximum Gasteiger partial charge on any atom is 0.417 e. The molecule has 2 aromatic rings. The number of carbonyl (C=O) groups is 1. The van der Waals surface area contributed by atoms with Crippen LogP contribution in [0, 0.1) is 0 Å². The Bertz CT molecular complexity index is 969. The Balaban J connectivity index is 1.97. The van der Waals surface area contributed by atoms with Gasteiger partial charge >= 0.3 is 6.18 Å². The number of hydrogen-bond acceptors (Lipinski definition) is 4. The van der Waals surface area contributed by atoms with E-state index in [1.165, 1.54) is 0 Å². The number of rotatable bonds is 9. The summed E-state index contributed by atoms with van der Waals surface area (Å²) in [5.41, 5.74) is -0.551. The molecule has 0 fully saturated rings. The average molecular weight is 465 g/mol. The van der Waals surface area contributed by atoms with Crippen LogP contribution in [-0.4, -0.2) is 40.3 Å². The van der Waals surface area contributed by atoms with Crippen molar-refractivity contribution >= 4 is 33.2 Å². The standard InChI is InChI=1S/C19H20ClF3N2O4S/c1-30(27,28)25(15-7-8-17(20)16(11-15)19(21,22)23)12-18(26)24-9-10-29-13-14-5-3-2-4-6-14/h2-8,11H,9-10,12-13H2,1H3,(H,24,26). The van der Waals surface area contributed by atoms with Gasteiger partial charge in [0, 0.05) is 6.54 Å². The molecule has 6 nitrogen and oxygen atoms in total. The van der Waals surface area contributed by atoms with E-state index in [-0.39, 0.29) is 18.8 Å². The molecule has 11 heteroatoms. The zero-order valence-electron chi connectivity index (χ0n) is 15.9. The van der Waals surface area contributed by atoms with Crippen LogP contribution in [0.25, 0.3) is 0 Å². The number of nitrogens with zero attached hydrogens (tertiary/aromatic N) is 1. The number of anilines is 1. The highest BCUT2D eigenvalue weighted by molar-refractivity contribution is 7.92. The molecule has 0 unspecified atom stereocenters. The third-order valence-corrected chi connectivity index (χ3v) is 5.38. The number of halogens is 4. The van der Waals surface area contributed by atoms with E-state index in [0.717, 1.165) is 24.0 Å². The first kappa shape index (κ1) is 24.0. The molecule has 1 N–H and O–H groups in total. The first-order valence-electron chi connectivity index (χ1n) is 8.71. The Kier molecular flexibility index (Phi) is 8.10. The third-order valence-electron chi connectivity index (χ3n) is 3.91. The molecule has 0 saturated carbocycles. The van der Waals surface area contributed by atoms with Gasteiger partial charge in [-0.3, -0.25) is 9.10 Å². The van der Waals surface area contributed by atoms with Crippen molar-refractivity contribution in [2.75, 3.05) is 30.3 Å². The normalized spacial score (nSPS) is 11.9. The Hall–Kier alpha value is -2.30. The highest BCUT2D eigenvalue weighted by atomic mass is 35.5. The number of benzene rings is 2. The molecule has 0 atom stereocenters. The van der Waals surface area contributed by atoms with Gasteiger partial charge in [0.1, 0.15) is 6.54 Å². The molecule has 0 bridgehead atoms. The molecule has 30 heavy (non-hydrogen) atoms. The average Bonchev–Trinajstić information content (AvgIpc) is 2.65. The van der Waals surface area contributed by atoms with E-state index in [4.69, 9.17) is 16.3 Å². The lowest BCUT2D eigenvalue weighted by Crippen LogP contribution is -2.41. The molecule has 2 aromatic carbocycles. The summed E-state index contributed by atoms with van der Waals surface area (Å²) in [4.78, 5) is 12.1. The summed E-state index contributed by atoms with van der Waals surface area (Å²) in [5.74, 6) is -0.688. The number of carbonyl (C=O) groups excluding carboxylic acids is 1. The largest absolute Gasteiger partial charge is 0.417 e. The van der Waals surface area contributed by atoms with Gasteiger partial charge in [-0.05, 0) is 23.8 Å². The lowest BCUT2D eigenvalue weighted by Gasteiger charge is -2.23. The van der Waals surface area contributed by atoms with Crippen molar-refractivity contribution in [3.63, 3.8) is 0 Å². The van der Waals surface area contributed by atoms with Gasteiger partial charge in [0.2, 0.25) is 15.9 Å². The second kappa shape index (κ2) is 10.1. The maximum atomic E-state index is 13.1. The monoisotopic (exact) mass is 464 g/mol. The van der Waals surface area contributed by atoms with Gasteiger partial charge in [0.15, 0.2) is 0 Å². The van der Waals surface area contributed by atoms with Crippen molar-refractivity contribution in [2.24, 2.45) is 0 Å². The van der Waals surface area contributed by atoms with Gasteiger partial charge in [-0.25, -0.2) is 8.42 Å². The fourth-order valence-electron chi connectivity index (χ4n) is 2.50. The van der Waals surface area contributed by atoms with E-state index < -0.39 is 39.2 Å². The molecule has 0 aliphatic carbocycles. The van der Waals surface area contributed by atoms with Crippen LogP contribution in [0.2, 0.25) is 5.02 Å². The Morgan fingerprint density at radius 1 is 1.17 bits per heavy atom. The first-order chi connectivity index (χ1) is 14.0. The first-order valence-corrected chi connectivity index (χ1v) is 10.9. The Morgan fingerprint density at radius 2 is 1.83 bits per heavy atom. The third kappa shape index (κ3) is 7.19. The van der Waals surface area contributed by atoms with Gasteiger partial charge in [0.25, 0.3) is 0 Å². The summed E-state index contributed by atoms with van der Waals surface area (Å²) in [7, 11) is -4.03. The van der Waals surface area contributed by atoms with Gasteiger partial charge in [-0.15, -0.1) is 0 Å². The topological polar surface area (TPSA) is 75.7 Å². The van der Waals surface area contributed by atoms with Crippen molar-refractivity contribution in [2.45, 2.75) is 12.8 Å². The fraction of sp³-hybridized carbons (Fsp3) is 0.316. The van der Waals surface area contributed by atoms with Crippen LogP contribution in [-0.2, 0) is 32.3 Å². The van der Waals surface area contributed by atoms with Crippen molar-refractivity contribution in [3.8, 4) is 0 Å². The molecule has 0 saturated heterocycles. The van der Waals surface area contributed by atoms with E-state index >= 15 is 0 Å². The van der Waals surface area contributed by atoms with E-state index in [9.17, 15) is 26.4 Å². The molecule has 0 radical (unpaired) electrons. The Morgan fingerprint density at radius 3 is 2.43 bits per heavy atom. The van der Waals surface area contributed by atoms with Crippen LogP contribution < -0.4 is 9.62 Å². The number of hydrogen-bond donors (Lipinski definition) is 1. The number of ether oxygens (including phenoxy) is 1. The molecule has 0 aliphatic rings. The van der Waals surface area contributed by atoms with Crippen molar-refractivity contribution in [1.82, 2.24) is 5.32 Å². The molecule has 164 valence electrons. The molecule has 2 rings (SSSR count). The Labute approximate surface area is 177 Å². The van der Waals surface area contributed by atoms with Gasteiger partial charge < -0.3 is 10.1 Å². The van der Waals surface area contributed by atoms with Crippen LogP contribution in [0.1, 0.15) is 11.1 Å². The highest BCUT2D eigenvalue weighted by Gasteiger charge is 2.34.